The van der Waals surface area contributed by atoms with E-state index in [2.05, 4.69) is 20.3 Å². The lowest BCUT2D eigenvalue weighted by molar-refractivity contribution is 0.288. The molecule has 1 aromatic rings. The van der Waals surface area contributed by atoms with Gasteiger partial charge in [0, 0.05) is 11.3 Å². The Morgan fingerprint density at radius 1 is 1.22 bits per heavy atom. The average molecular weight is 274 g/mol. The first-order valence-electron chi connectivity index (χ1n) is 5.38. The maximum Gasteiger partial charge on any atom is 0.324 e. The predicted molar refractivity (Wildman–Crippen MR) is 70.4 cm³/mol. The Morgan fingerprint density at radius 2 is 1.78 bits per heavy atom. The number of hydrogen-bond acceptors (Lipinski definition) is 8. The fraction of sp³-hybridized carbons (Fsp3) is 0.700. The van der Waals surface area contributed by atoms with Crippen molar-refractivity contribution < 1.29 is 14.6 Å². The summed E-state index contributed by atoms with van der Waals surface area (Å²) in [6.07, 6.45) is 1.94. The van der Waals surface area contributed by atoms with Crippen molar-refractivity contribution in [2.45, 2.75) is 18.2 Å². The molecule has 18 heavy (non-hydrogen) atoms. The highest BCUT2D eigenvalue weighted by Crippen LogP contribution is 2.17. The van der Waals surface area contributed by atoms with Crippen molar-refractivity contribution in [1.82, 2.24) is 15.0 Å². The molecule has 0 fully saturated rings. The lowest BCUT2D eigenvalue weighted by Crippen LogP contribution is -2.31. The van der Waals surface area contributed by atoms with Crippen LogP contribution in [0.2, 0.25) is 0 Å². The zero-order valence-corrected chi connectivity index (χ0v) is 11.7. The van der Waals surface area contributed by atoms with E-state index in [1.54, 1.807) is 11.8 Å². The molecule has 0 aliphatic carbocycles. The van der Waals surface area contributed by atoms with Crippen LogP contribution in [0.25, 0.3) is 0 Å². The summed E-state index contributed by atoms with van der Waals surface area (Å²) in [5, 5.41) is 12.4. The molecule has 8 heteroatoms. The van der Waals surface area contributed by atoms with Gasteiger partial charge in [0.25, 0.3) is 0 Å². The zero-order chi connectivity index (χ0) is 13.5. The highest BCUT2D eigenvalue weighted by molar-refractivity contribution is 7.99. The fourth-order valence-electron chi connectivity index (χ4n) is 1.32. The Morgan fingerprint density at radius 3 is 2.17 bits per heavy atom. The summed E-state index contributed by atoms with van der Waals surface area (Å²) in [5.41, 5.74) is 0. The van der Waals surface area contributed by atoms with Crippen LogP contribution < -0.4 is 14.8 Å². The molecule has 0 amide bonds. The number of thioether (sulfide) groups is 1. The quantitative estimate of drug-likeness (QED) is 0.739. The Labute approximate surface area is 110 Å². The molecule has 0 aliphatic rings. The summed E-state index contributed by atoms with van der Waals surface area (Å²) in [4.78, 5) is 12.0. The van der Waals surface area contributed by atoms with Gasteiger partial charge in [0.05, 0.1) is 20.8 Å². The van der Waals surface area contributed by atoms with Crippen molar-refractivity contribution in [1.29, 1.82) is 0 Å². The van der Waals surface area contributed by atoms with Gasteiger partial charge < -0.3 is 19.9 Å². The van der Waals surface area contributed by atoms with E-state index in [4.69, 9.17) is 9.47 Å². The second kappa shape index (κ2) is 7.22. The number of methoxy groups -OCH3 is 2. The van der Waals surface area contributed by atoms with Crippen LogP contribution in [0.15, 0.2) is 0 Å². The number of nitrogens with one attached hydrogen (secondary N) is 1. The van der Waals surface area contributed by atoms with Crippen LogP contribution in [0.3, 0.4) is 0 Å². The lowest BCUT2D eigenvalue weighted by atomic mass is 10.2. The van der Waals surface area contributed by atoms with Crippen LogP contribution in [-0.2, 0) is 0 Å². The number of aliphatic hydroxyl groups is 1. The number of rotatable bonds is 7. The molecule has 1 rings (SSSR count). The van der Waals surface area contributed by atoms with Crippen molar-refractivity contribution in [2.75, 3.05) is 32.4 Å². The number of nitrogens with zero attached hydrogens (tertiary/aromatic N) is 3. The summed E-state index contributed by atoms with van der Waals surface area (Å²) in [5.74, 6) is 0.360. The van der Waals surface area contributed by atoms with Crippen LogP contribution in [0.5, 0.6) is 12.0 Å². The minimum atomic E-state index is 0.00168. The average Bonchev–Trinajstić information content (AvgIpc) is 2.39. The Bertz CT molecular complexity index is 354. The van der Waals surface area contributed by atoms with Gasteiger partial charge in [-0.05, 0) is 13.2 Å². The van der Waals surface area contributed by atoms with E-state index in [0.717, 1.165) is 0 Å². The zero-order valence-electron chi connectivity index (χ0n) is 10.9. The molecule has 0 saturated heterocycles. The molecular weight excluding hydrogens is 256 g/mol. The van der Waals surface area contributed by atoms with Crippen LogP contribution in [-0.4, -0.2) is 58.4 Å². The van der Waals surface area contributed by atoms with Gasteiger partial charge in [-0.25, -0.2) is 0 Å². The number of aliphatic hydroxyl groups excluding tert-OH is 1. The molecule has 102 valence electrons. The summed E-state index contributed by atoms with van der Waals surface area (Å²) in [6.45, 7) is 2.02. The molecule has 1 heterocycles. The first-order chi connectivity index (χ1) is 8.64. The molecule has 0 aromatic carbocycles. The largest absolute Gasteiger partial charge is 0.467 e. The van der Waals surface area contributed by atoms with Crippen molar-refractivity contribution >= 4 is 17.7 Å². The highest BCUT2D eigenvalue weighted by atomic mass is 32.2. The summed E-state index contributed by atoms with van der Waals surface area (Å²) in [6, 6.07) is 0.365. The van der Waals surface area contributed by atoms with Gasteiger partial charge in [0.15, 0.2) is 0 Å². The molecule has 2 atom stereocenters. The molecule has 0 bridgehead atoms. The fourth-order valence-corrected chi connectivity index (χ4v) is 1.94. The summed E-state index contributed by atoms with van der Waals surface area (Å²) in [7, 11) is 2.95. The normalized spacial score (nSPS) is 13.8. The highest BCUT2D eigenvalue weighted by Gasteiger charge is 2.17. The monoisotopic (exact) mass is 274 g/mol. The molecule has 1 aromatic heterocycles. The van der Waals surface area contributed by atoms with E-state index < -0.39 is 0 Å². The minimum absolute atomic E-state index is 0.00168. The molecular formula is C10H18N4O3S. The number of anilines is 1. The second-order valence-electron chi connectivity index (χ2n) is 3.52. The minimum Gasteiger partial charge on any atom is -0.467 e. The van der Waals surface area contributed by atoms with Gasteiger partial charge in [-0.2, -0.15) is 21.7 Å². The van der Waals surface area contributed by atoms with Gasteiger partial charge >= 0.3 is 12.0 Å². The van der Waals surface area contributed by atoms with E-state index >= 15 is 0 Å². The Hall–Kier alpha value is -1.28. The standard InChI is InChI=1S/C10H18N4O3S/c1-6(7(5-15)18-4)11-8-12-9(16-2)14-10(13-8)17-3/h6-7,15H,5H2,1-4H3,(H,11,12,13,14). The van der Waals surface area contributed by atoms with Crippen molar-refractivity contribution in [3.63, 3.8) is 0 Å². The molecule has 0 saturated carbocycles. The van der Waals surface area contributed by atoms with Crippen LogP contribution in [0, 0.1) is 0 Å². The molecule has 0 spiro atoms. The molecule has 2 unspecified atom stereocenters. The van der Waals surface area contributed by atoms with Crippen molar-refractivity contribution in [3.8, 4) is 12.0 Å². The molecule has 0 aliphatic heterocycles. The van der Waals surface area contributed by atoms with Crippen LogP contribution >= 0.6 is 11.8 Å². The van der Waals surface area contributed by atoms with E-state index in [1.165, 1.54) is 14.2 Å². The predicted octanol–water partition coefficient (Wildman–Crippen LogP) is 0.413. The second-order valence-corrected chi connectivity index (χ2v) is 4.60. The first kappa shape index (κ1) is 14.8. The van der Waals surface area contributed by atoms with Gasteiger partial charge in [-0.15, -0.1) is 4.98 Å². The van der Waals surface area contributed by atoms with E-state index in [-0.39, 0.29) is 29.9 Å². The van der Waals surface area contributed by atoms with Crippen LogP contribution in [0.1, 0.15) is 6.92 Å². The summed E-state index contributed by atoms with van der Waals surface area (Å²) >= 11 is 1.57. The van der Waals surface area contributed by atoms with Crippen molar-refractivity contribution in [3.05, 3.63) is 0 Å². The Kier molecular flexibility index (Phi) is 5.93. The third-order valence-electron chi connectivity index (χ3n) is 2.36. The number of ether oxygens (including phenoxy) is 2. The first-order valence-corrected chi connectivity index (χ1v) is 6.67. The third kappa shape index (κ3) is 3.88. The van der Waals surface area contributed by atoms with Gasteiger partial charge in [-0.3, -0.25) is 0 Å². The maximum absolute atomic E-state index is 9.21. The van der Waals surface area contributed by atoms with Gasteiger partial charge in [0.1, 0.15) is 0 Å². The lowest BCUT2D eigenvalue weighted by Gasteiger charge is -2.21. The smallest absolute Gasteiger partial charge is 0.324 e. The third-order valence-corrected chi connectivity index (χ3v) is 3.52. The maximum atomic E-state index is 9.21. The van der Waals surface area contributed by atoms with Crippen LogP contribution in [0.4, 0.5) is 5.95 Å². The Balaban J connectivity index is 2.82. The summed E-state index contributed by atoms with van der Waals surface area (Å²) < 4.78 is 9.91. The number of hydrogen-bond donors (Lipinski definition) is 2. The van der Waals surface area contributed by atoms with E-state index in [0.29, 0.717) is 5.95 Å². The van der Waals surface area contributed by atoms with Gasteiger partial charge in [0.2, 0.25) is 5.95 Å². The SMILES string of the molecule is COc1nc(NC(C)C(CO)SC)nc(OC)n1. The van der Waals surface area contributed by atoms with Gasteiger partial charge in [-0.1, -0.05) is 0 Å². The number of aromatic nitrogens is 3. The van der Waals surface area contributed by atoms with Crippen molar-refractivity contribution in [2.24, 2.45) is 0 Å². The topological polar surface area (TPSA) is 89.4 Å². The molecule has 0 radical (unpaired) electrons. The molecule has 7 nitrogen and oxygen atoms in total. The van der Waals surface area contributed by atoms with E-state index in [1.807, 2.05) is 13.2 Å². The molecule has 2 N–H and O–H groups in total. The van der Waals surface area contributed by atoms with E-state index in [9.17, 15) is 5.11 Å².